The molecule has 0 amide bonds. The molecular weight excluding hydrogens is 388 g/mol. The number of esters is 1. The third-order valence-corrected chi connectivity index (χ3v) is 4.43. The molecule has 0 fully saturated rings. The summed E-state index contributed by atoms with van der Waals surface area (Å²) in [5.74, 6) is -2.47. The Morgan fingerprint density at radius 2 is 2.07 bits per heavy atom. The normalized spacial score (nSPS) is 17.5. The third kappa shape index (κ3) is 4.61. The number of nitrogens with one attached hydrogen (secondary N) is 1. The Balaban J connectivity index is 2.64. The van der Waals surface area contributed by atoms with E-state index in [0.29, 0.717) is 0 Å². The fourth-order valence-electron chi connectivity index (χ4n) is 2.92. The largest absolute Gasteiger partial charge is 0.466 e. The third-order valence-electron chi connectivity index (χ3n) is 4.10. The molecule has 1 N–H and O–H groups in total. The van der Waals surface area contributed by atoms with Crippen LogP contribution in [-0.2, 0) is 9.53 Å². The number of nitriles is 1. The maximum Gasteiger partial charge on any atom is 0.389 e. The van der Waals surface area contributed by atoms with Crippen molar-refractivity contribution in [3.8, 4) is 6.07 Å². The van der Waals surface area contributed by atoms with Gasteiger partial charge < -0.3 is 10.1 Å². The van der Waals surface area contributed by atoms with E-state index in [4.69, 9.17) is 16.3 Å². The number of hydrogen-bond donors (Lipinski definition) is 1. The predicted octanol–water partition coefficient (Wildman–Crippen LogP) is 4.73. The van der Waals surface area contributed by atoms with Gasteiger partial charge in [-0.05, 0) is 31.0 Å². The molecule has 0 aromatic heterocycles. The van der Waals surface area contributed by atoms with Crippen molar-refractivity contribution >= 4 is 17.6 Å². The van der Waals surface area contributed by atoms with Crippen molar-refractivity contribution in [3.63, 3.8) is 0 Å². The summed E-state index contributed by atoms with van der Waals surface area (Å²) in [5.41, 5.74) is 0.422. The van der Waals surface area contributed by atoms with Crippen LogP contribution in [0.25, 0.3) is 0 Å². The quantitative estimate of drug-likeness (QED) is 0.584. The van der Waals surface area contributed by atoms with E-state index in [1.165, 1.54) is 13.0 Å². The Morgan fingerprint density at radius 1 is 1.41 bits per heavy atom. The second-order valence-corrected chi connectivity index (χ2v) is 6.28. The summed E-state index contributed by atoms with van der Waals surface area (Å²) in [6.45, 7) is 1.48. The summed E-state index contributed by atoms with van der Waals surface area (Å²) in [7, 11) is 1.14. The molecule has 1 atom stereocenters. The molecule has 9 heteroatoms. The zero-order valence-corrected chi connectivity index (χ0v) is 15.1. The fraction of sp³-hybridized carbons (Fsp3) is 0.333. The van der Waals surface area contributed by atoms with E-state index in [-0.39, 0.29) is 33.1 Å². The first-order valence-electron chi connectivity index (χ1n) is 7.80. The number of allylic oxidation sites excluding steroid dienone is 3. The average molecular weight is 403 g/mol. The van der Waals surface area contributed by atoms with Gasteiger partial charge in [-0.2, -0.15) is 18.4 Å². The SMILES string of the molecule is COC(=O)C1=C(C)NC(CCC(F)(F)F)=C(C#N)C1c1ccc(F)cc1Cl. The highest BCUT2D eigenvalue weighted by Crippen LogP contribution is 2.42. The highest BCUT2D eigenvalue weighted by Gasteiger charge is 2.37. The minimum absolute atomic E-state index is 0.0262. The van der Waals surface area contributed by atoms with Crippen LogP contribution in [-0.4, -0.2) is 19.3 Å². The molecule has 1 aliphatic rings. The van der Waals surface area contributed by atoms with Crippen LogP contribution < -0.4 is 5.32 Å². The van der Waals surface area contributed by atoms with Crippen molar-refractivity contribution in [1.82, 2.24) is 5.32 Å². The number of benzene rings is 1. The van der Waals surface area contributed by atoms with Gasteiger partial charge in [0.25, 0.3) is 0 Å². The molecule has 0 saturated carbocycles. The van der Waals surface area contributed by atoms with Gasteiger partial charge >= 0.3 is 12.1 Å². The summed E-state index contributed by atoms with van der Waals surface area (Å²) in [5, 5.41) is 12.3. The average Bonchev–Trinajstić information content (AvgIpc) is 2.58. The Kier molecular flexibility index (Phi) is 6.16. The molecule has 27 heavy (non-hydrogen) atoms. The number of carbonyl (C=O) groups excluding carboxylic acids is 1. The molecule has 1 aromatic carbocycles. The van der Waals surface area contributed by atoms with Crippen LogP contribution in [0.2, 0.25) is 5.02 Å². The first-order valence-corrected chi connectivity index (χ1v) is 8.17. The maximum absolute atomic E-state index is 13.4. The first kappa shape index (κ1) is 20.8. The Labute approximate surface area is 158 Å². The molecule has 1 heterocycles. The lowest BCUT2D eigenvalue weighted by Gasteiger charge is -2.30. The Hall–Kier alpha value is -2.53. The molecule has 2 rings (SSSR count). The van der Waals surface area contributed by atoms with E-state index < -0.39 is 36.7 Å². The van der Waals surface area contributed by atoms with Crippen LogP contribution in [0.1, 0.15) is 31.2 Å². The summed E-state index contributed by atoms with van der Waals surface area (Å²) in [4.78, 5) is 12.3. The van der Waals surface area contributed by atoms with E-state index >= 15 is 0 Å². The van der Waals surface area contributed by atoms with Gasteiger partial charge in [0.05, 0.1) is 30.2 Å². The predicted molar refractivity (Wildman–Crippen MR) is 89.9 cm³/mol. The lowest BCUT2D eigenvalue weighted by atomic mass is 9.80. The molecule has 0 saturated heterocycles. The smallest absolute Gasteiger partial charge is 0.389 e. The lowest BCUT2D eigenvalue weighted by Crippen LogP contribution is -2.30. The van der Waals surface area contributed by atoms with Crippen LogP contribution in [0, 0.1) is 17.1 Å². The molecule has 4 nitrogen and oxygen atoms in total. The van der Waals surface area contributed by atoms with Crippen LogP contribution in [0.15, 0.2) is 40.7 Å². The molecule has 1 unspecified atom stereocenters. The van der Waals surface area contributed by atoms with Crippen molar-refractivity contribution in [3.05, 3.63) is 57.1 Å². The number of ether oxygens (including phenoxy) is 1. The highest BCUT2D eigenvalue weighted by atomic mass is 35.5. The minimum atomic E-state index is -4.42. The molecule has 0 spiro atoms. The molecule has 1 aromatic rings. The zero-order chi connectivity index (χ0) is 20.4. The van der Waals surface area contributed by atoms with E-state index in [9.17, 15) is 27.6 Å². The van der Waals surface area contributed by atoms with Crippen LogP contribution in [0.3, 0.4) is 0 Å². The number of alkyl halides is 3. The Bertz CT molecular complexity index is 869. The van der Waals surface area contributed by atoms with Crippen LogP contribution in [0.4, 0.5) is 17.6 Å². The number of dihydropyridines is 1. The van der Waals surface area contributed by atoms with Crippen LogP contribution >= 0.6 is 11.6 Å². The topological polar surface area (TPSA) is 62.1 Å². The molecule has 0 aliphatic carbocycles. The van der Waals surface area contributed by atoms with Crippen molar-refractivity contribution in [2.24, 2.45) is 0 Å². The minimum Gasteiger partial charge on any atom is -0.466 e. The van der Waals surface area contributed by atoms with Gasteiger partial charge in [0.15, 0.2) is 0 Å². The second kappa shape index (κ2) is 8.01. The van der Waals surface area contributed by atoms with E-state index in [1.54, 1.807) is 0 Å². The molecule has 0 radical (unpaired) electrons. The molecular formula is C18H15ClF4N2O2. The Morgan fingerprint density at radius 3 is 2.59 bits per heavy atom. The standard InChI is InChI=1S/C18H15ClF4N2O2/c1-9-15(17(26)27-2)16(11-4-3-10(20)7-13(11)19)12(8-24)14(25-9)5-6-18(21,22)23/h3-4,7,16,25H,5-6H2,1-2H3. The highest BCUT2D eigenvalue weighted by molar-refractivity contribution is 6.31. The van der Waals surface area contributed by atoms with E-state index in [1.807, 2.05) is 6.07 Å². The van der Waals surface area contributed by atoms with E-state index in [0.717, 1.165) is 19.2 Å². The van der Waals surface area contributed by atoms with Gasteiger partial charge in [-0.15, -0.1) is 0 Å². The molecule has 0 bridgehead atoms. The van der Waals surface area contributed by atoms with Crippen molar-refractivity contribution < 1.29 is 27.1 Å². The van der Waals surface area contributed by atoms with Gasteiger partial charge in [0, 0.05) is 22.8 Å². The summed E-state index contributed by atoms with van der Waals surface area (Å²) < 4.78 is 56.1. The number of hydrogen-bond acceptors (Lipinski definition) is 4. The number of rotatable bonds is 4. The maximum atomic E-state index is 13.4. The second-order valence-electron chi connectivity index (χ2n) is 5.87. The van der Waals surface area contributed by atoms with E-state index in [2.05, 4.69) is 5.32 Å². The number of nitrogens with zero attached hydrogens (tertiary/aromatic N) is 1. The van der Waals surface area contributed by atoms with Gasteiger partial charge in [-0.25, -0.2) is 9.18 Å². The van der Waals surface area contributed by atoms with Gasteiger partial charge in [0.1, 0.15) is 5.82 Å². The number of carbonyl (C=O) groups is 1. The van der Waals surface area contributed by atoms with Crippen LogP contribution in [0.5, 0.6) is 0 Å². The summed E-state index contributed by atoms with van der Waals surface area (Å²) >= 11 is 6.10. The number of halogens is 5. The first-order chi connectivity index (χ1) is 12.6. The van der Waals surface area contributed by atoms with Crippen molar-refractivity contribution in [2.45, 2.75) is 31.9 Å². The fourth-order valence-corrected chi connectivity index (χ4v) is 3.20. The lowest BCUT2D eigenvalue weighted by molar-refractivity contribution is -0.137. The summed E-state index contributed by atoms with van der Waals surface area (Å²) in [6, 6.07) is 5.26. The van der Waals surface area contributed by atoms with Gasteiger partial charge in [-0.3, -0.25) is 0 Å². The zero-order valence-electron chi connectivity index (χ0n) is 14.4. The van der Waals surface area contributed by atoms with Crippen molar-refractivity contribution in [2.75, 3.05) is 7.11 Å². The molecule has 144 valence electrons. The van der Waals surface area contributed by atoms with Gasteiger partial charge in [-0.1, -0.05) is 17.7 Å². The van der Waals surface area contributed by atoms with Crippen molar-refractivity contribution in [1.29, 1.82) is 5.26 Å². The monoisotopic (exact) mass is 402 g/mol. The summed E-state index contributed by atoms with van der Waals surface area (Å²) in [6.07, 6.45) is -6.04. The number of methoxy groups -OCH3 is 1. The molecule has 1 aliphatic heterocycles. The van der Waals surface area contributed by atoms with Gasteiger partial charge in [0.2, 0.25) is 0 Å².